The van der Waals surface area contributed by atoms with E-state index in [1.54, 1.807) is 24.3 Å². The molecule has 2 atom stereocenters. The van der Waals surface area contributed by atoms with E-state index in [4.69, 9.17) is 10.5 Å². The summed E-state index contributed by atoms with van der Waals surface area (Å²) >= 11 is 0. The Kier molecular flexibility index (Phi) is 13.0. The van der Waals surface area contributed by atoms with E-state index in [0.717, 1.165) is 23.3 Å². The number of carbonyl (C=O) groups is 6. The standard InChI is InChI=1S/C28H34N6O7/c1-19(32-28(40)41-18-22-11-7-4-8-12-22)26(38)31-20(2)27(39)33-34(17-23(29)35)25(37)14-13-24(36)30-16-15-21-9-5-3-6-10-21/h3-14,19-20H,15-18H2,1-2H3,(H2,29,35)(H,30,36)(H,31,38)(H,32,40)(H,33,39)/b14-13+. The molecule has 6 N–H and O–H groups in total. The molecule has 6 amide bonds. The van der Waals surface area contributed by atoms with Crippen LogP contribution >= 0.6 is 0 Å². The van der Waals surface area contributed by atoms with Crippen molar-refractivity contribution in [2.75, 3.05) is 13.1 Å². The van der Waals surface area contributed by atoms with Crippen molar-refractivity contribution < 1.29 is 33.5 Å². The van der Waals surface area contributed by atoms with Crippen LogP contribution < -0.4 is 27.1 Å². The average Bonchev–Trinajstić information content (AvgIpc) is 2.95. The normalized spacial score (nSPS) is 12.0. The van der Waals surface area contributed by atoms with Crippen LogP contribution in [0.1, 0.15) is 25.0 Å². The molecule has 2 unspecified atom stereocenters. The topological polar surface area (TPSA) is 189 Å². The summed E-state index contributed by atoms with van der Waals surface area (Å²) in [6.45, 7) is 2.38. The van der Waals surface area contributed by atoms with Gasteiger partial charge in [-0.25, -0.2) is 9.80 Å². The quantitative estimate of drug-likeness (QED) is 0.167. The number of nitrogens with zero attached hydrogens (tertiary/aromatic N) is 1. The molecule has 13 heteroatoms. The molecule has 2 aromatic carbocycles. The van der Waals surface area contributed by atoms with E-state index in [-0.39, 0.29) is 6.61 Å². The summed E-state index contributed by atoms with van der Waals surface area (Å²) in [6.07, 6.45) is 1.59. The number of nitrogens with two attached hydrogens (primary N) is 1. The molecule has 2 aromatic rings. The molecule has 0 radical (unpaired) electrons. The molecule has 41 heavy (non-hydrogen) atoms. The minimum Gasteiger partial charge on any atom is -0.445 e. The van der Waals surface area contributed by atoms with E-state index in [9.17, 15) is 28.8 Å². The molecule has 0 aliphatic carbocycles. The third-order valence-electron chi connectivity index (χ3n) is 5.45. The first kappa shape index (κ1) is 32.0. The average molecular weight is 567 g/mol. The van der Waals surface area contributed by atoms with Crippen molar-refractivity contribution >= 4 is 35.6 Å². The number of alkyl carbamates (subject to hydrolysis) is 1. The fourth-order valence-electron chi connectivity index (χ4n) is 3.24. The summed E-state index contributed by atoms with van der Waals surface area (Å²) in [5.41, 5.74) is 9.16. The number of hydrazine groups is 1. The highest BCUT2D eigenvalue weighted by atomic mass is 16.5. The Morgan fingerprint density at radius 2 is 1.41 bits per heavy atom. The van der Waals surface area contributed by atoms with Gasteiger partial charge in [-0.05, 0) is 31.4 Å². The fourth-order valence-corrected chi connectivity index (χ4v) is 3.24. The van der Waals surface area contributed by atoms with Crippen LogP contribution in [0.2, 0.25) is 0 Å². The maximum absolute atomic E-state index is 12.6. The van der Waals surface area contributed by atoms with Crippen LogP contribution in [0, 0.1) is 0 Å². The van der Waals surface area contributed by atoms with E-state index in [0.29, 0.717) is 18.0 Å². The summed E-state index contributed by atoms with van der Waals surface area (Å²) < 4.78 is 5.07. The van der Waals surface area contributed by atoms with Gasteiger partial charge in [0.15, 0.2) is 0 Å². The van der Waals surface area contributed by atoms with Crippen molar-refractivity contribution in [3.63, 3.8) is 0 Å². The Morgan fingerprint density at radius 1 is 0.829 bits per heavy atom. The van der Waals surface area contributed by atoms with Crippen LogP contribution in [0.4, 0.5) is 4.79 Å². The van der Waals surface area contributed by atoms with Crippen molar-refractivity contribution in [3.05, 3.63) is 83.9 Å². The zero-order chi connectivity index (χ0) is 30.2. The number of primary amides is 1. The number of hydrogen-bond donors (Lipinski definition) is 5. The smallest absolute Gasteiger partial charge is 0.408 e. The molecule has 0 saturated heterocycles. The SMILES string of the molecule is CC(NC(=O)OCc1ccccc1)C(=O)NC(C)C(=O)NN(CC(N)=O)C(=O)/C=C/C(=O)NCCc1ccccc1. The highest BCUT2D eigenvalue weighted by Gasteiger charge is 2.24. The van der Waals surface area contributed by atoms with E-state index in [2.05, 4.69) is 21.4 Å². The van der Waals surface area contributed by atoms with Crippen molar-refractivity contribution in [3.8, 4) is 0 Å². The Balaban J connectivity index is 1.82. The molecule has 0 saturated carbocycles. The van der Waals surface area contributed by atoms with Gasteiger partial charge in [-0.1, -0.05) is 60.7 Å². The first-order valence-electron chi connectivity index (χ1n) is 12.7. The Bertz CT molecular complexity index is 1240. The Labute approximate surface area is 237 Å². The van der Waals surface area contributed by atoms with Crippen molar-refractivity contribution in [2.45, 2.75) is 39.0 Å². The summed E-state index contributed by atoms with van der Waals surface area (Å²) in [6, 6.07) is 16.2. The second-order valence-electron chi connectivity index (χ2n) is 8.88. The minimum atomic E-state index is -1.18. The van der Waals surface area contributed by atoms with Crippen LogP contribution in [0.15, 0.2) is 72.8 Å². The molecule has 0 aliphatic rings. The predicted molar refractivity (Wildman–Crippen MR) is 148 cm³/mol. The number of carbonyl (C=O) groups excluding carboxylic acids is 6. The molecule has 218 valence electrons. The van der Waals surface area contributed by atoms with Gasteiger partial charge in [0, 0.05) is 18.7 Å². The van der Waals surface area contributed by atoms with Gasteiger partial charge >= 0.3 is 6.09 Å². The van der Waals surface area contributed by atoms with Crippen molar-refractivity contribution in [1.29, 1.82) is 0 Å². The van der Waals surface area contributed by atoms with Crippen molar-refractivity contribution in [2.24, 2.45) is 5.73 Å². The largest absolute Gasteiger partial charge is 0.445 e. The highest BCUT2D eigenvalue weighted by Crippen LogP contribution is 2.01. The number of nitrogens with one attached hydrogen (secondary N) is 4. The monoisotopic (exact) mass is 566 g/mol. The number of rotatable bonds is 13. The second kappa shape index (κ2) is 16.7. The van der Waals surface area contributed by atoms with Crippen LogP contribution in [0.25, 0.3) is 0 Å². The lowest BCUT2D eigenvalue weighted by molar-refractivity contribution is -0.142. The minimum absolute atomic E-state index is 0.00728. The molecular weight excluding hydrogens is 532 g/mol. The number of benzene rings is 2. The van der Waals surface area contributed by atoms with Crippen molar-refractivity contribution in [1.82, 2.24) is 26.4 Å². The zero-order valence-corrected chi connectivity index (χ0v) is 22.8. The summed E-state index contributed by atoms with van der Waals surface area (Å²) in [4.78, 5) is 73.1. The summed E-state index contributed by atoms with van der Waals surface area (Å²) in [5, 5.41) is 7.98. The number of ether oxygens (including phenoxy) is 1. The van der Waals surface area contributed by atoms with Crippen LogP contribution in [-0.4, -0.2) is 65.8 Å². The number of hydrogen-bond acceptors (Lipinski definition) is 7. The third kappa shape index (κ3) is 12.5. The van der Waals surface area contributed by atoms with Crippen LogP contribution in [0.5, 0.6) is 0 Å². The van der Waals surface area contributed by atoms with Gasteiger partial charge < -0.3 is 26.4 Å². The Hall–Kier alpha value is -5.20. The fraction of sp³-hybridized carbons (Fsp3) is 0.286. The molecule has 0 aromatic heterocycles. The van der Waals surface area contributed by atoms with E-state index >= 15 is 0 Å². The van der Waals surface area contributed by atoms with Gasteiger partial charge in [-0.3, -0.25) is 29.4 Å². The highest BCUT2D eigenvalue weighted by molar-refractivity contribution is 5.99. The maximum atomic E-state index is 12.6. The first-order chi connectivity index (χ1) is 19.5. The van der Waals surface area contributed by atoms with Gasteiger partial charge in [-0.15, -0.1) is 0 Å². The van der Waals surface area contributed by atoms with E-state index in [1.165, 1.54) is 13.8 Å². The van der Waals surface area contributed by atoms with Gasteiger partial charge in [0.05, 0.1) is 0 Å². The molecule has 0 aliphatic heterocycles. The molecule has 0 fully saturated rings. The lowest BCUT2D eigenvalue weighted by Gasteiger charge is -2.24. The maximum Gasteiger partial charge on any atom is 0.408 e. The zero-order valence-electron chi connectivity index (χ0n) is 22.8. The second-order valence-corrected chi connectivity index (χ2v) is 8.88. The predicted octanol–water partition coefficient (Wildman–Crippen LogP) is 0.0662. The lowest BCUT2D eigenvalue weighted by atomic mass is 10.1. The van der Waals surface area contributed by atoms with Crippen LogP contribution in [-0.2, 0) is 41.7 Å². The third-order valence-corrected chi connectivity index (χ3v) is 5.45. The Morgan fingerprint density at radius 3 is 2.02 bits per heavy atom. The number of amides is 6. The summed E-state index contributed by atoms with van der Waals surface area (Å²) in [7, 11) is 0. The molecule has 13 nitrogen and oxygen atoms in total. The summed E-state index contributed by atoms with van der Waals surface area (Å²) in [5.74, 6) is -3.94. The molecule has 0 heterocycles. The van der Waals surface area contributed by atoms with E-state index in [1.807, 2.05) is 36.4 Å². The van der Waals surface area contributed by atoms with Gasteiger partial charge in [-0.2, -0.15) is 0 Å². The van der Waals surface area contributed by atoms with Gasteiger partial charge in [0.2, 0.25) is 17.7 Å². The van der Waals surface area contributed by atoms with Crippen LogP contribution in [0.3, 0.4) is 0 Å². The lowest BCUT2D eigenvalue weighted by Crippen LogP contribution is -2.56. The molecule has 0 spiro atoms. The first-order valence-corrected chi connectivity index (χ1v) is 12.7. The molecular formula is C28H34N6O7. The molecule has 2 rings (SSSR count). The van der Waals surface area contributed by atoms with Gasteiger partial charge in [0.1, 0.15) is 25.2 Å². The van der Waals surface area contributed by atoms with E-state index < -0.39 is 54.3 Å². The molecule has 0 bridgehead atoms. The van der Waals surface area contributed by atoms with Gasteiger partial charge in [0.25, 0.3) is 11.8 Å².